The van der Waals surface area contributed by atoms with E-state index in [0.29, 0.717) is 6.04 Å². The maximum atomic E-state index is 5.63. The lowest BCUT2D eigenvalue weighted by atomic mass is 9.86. The zero-order chi connectivity index (χ0) is 14.5. The normalized spacial score (nSPS) is 18.3. The summed E-state index contributed by atoms with van der Waals surface area (Å²) in [6, 6.07) is 2.63. The molecule has 1 aromatic rings. The summed E-state index contributed by atoms with van der Waals surface area (Å²) in [5.41, 5.74) is 1.35. The summed E-state index contributed by atoms with van der Waals surface area (Å²) in [6.45, 7) is 13.4. The molecular weight excluding hydrogens is 248 g/mol. The summed E-state index contributed by atoms with van der Waals surface area (Å²) in [4.78, 5) is 2.57. The summed E-state index contributed by atoms with van der Waals surface area (Å²) >= 11 is 0. The molecule has 1 saturated heterocycles. The summed E-state index contributed by atoms with van der Waals surface area (Å²) in [5.74, 6) is 2.85. The minimum atomic E-state index is 0.495. The van der Waals surface area contributed by atoms with Crippen LogP contribution in [0.5, 0.6) is 0 Å². The molecule has 114 valence electrons. The van der Waals surface area contributed by atoms with Crippen LogP contribution in [0.25, 0.3) is 0 Å². The quantitative estimate of drug-likeness (QED) is 0.861. The molecule has 1 aliphatic heterocycles. The van der Waals surface area contributed by atoms with E-state index >= 15 is 0 Å². The Morgan fingerprint density at radius 2 is 1.95 bits per heavy atom. The summed E-state index contributed by atoms with van der Waals surface area (Å²) < 4.78 is 5.63. The van der Waals surface area contributed by atoms with Gasteiger partial charge in [-0.2, -0.15) is 0 Å². The van der Waals surface area contributed by atoms with Crippen LogP contribution in [0.3, 0.4) is 0 Å². The molecule has 20 heavy (non-hydrogen) atoms. The van der Waals surface area contributed by atoms with Gasteiger partial charge in [-0.1, -0.05) is 27.7 Å². The fourth-order valence-corrected chi connectivity index (χ4v) is 2.98. The fraction of sp³-hybridized carbons (Fsp3) is 0.765. The molecule has 0 spiro atoms. The van der Waals surface area contributed by atoms with Crippen LogP contribution in [0, 0.1) is 11.8 Å². The zero-order valence-corrected chi connectivity index (χ0v) is 13.5. The Morgan fingerprint density at radius 1 is 1.25 bits per heavy atom. The first-order valence-electron chi connectivity index (χ1n) is 8.07. The van der Waals surface area contributed by atoms with Gasteiger partial charge >= 0.3 is 0 Å². The number of nitrogens with zero attached hydrogens (tertiary/aromatic N) is 1. The average molecular weight is 278 g/mol. The molecule has 0 radical (unpaired) electrons. The zero-order valence-electron chi connectivity index (χ0n) is 13.5. The highest BCUT2D eigenvalue weighted by Crippen LogP contribution is 2.26. The van der Waals surface area contributed by atoms with Crippen molar-refractivity contribution < 1.29 is 4.42 Å². The Bertz CT molecular complexity index is 389. The topological polar surface area (TPSA) is 28.4 Å². The summed E-state index contributed by atoms with van der Waals surface area (Å²) in [6.07, 6.45) is 4.51. The number of piperidine rings is 1. The second-order valence-electron chi connectivity index (χ2n) is 6.76. The number of nitrogens with one attached hydrogen (secondary N) is 1. The van der Waals surface area contributed by atoms with Gasteiger partial charge < -0.3 is 9.73 Å². The third-order valence-corrected chi connectivity index (χ3v) is 4.48. The van der Waals surface area contributed by atoms with Crippen LogP contribution in [0.2, 0.25) is 0 Å². The van der Waals surface area contributed by atoms with Gasteiger partial charge in [0.1, 0.15) is 5.76 Å². The van der Waals surface area contributed by atoms with Gasteiger partial charge in [0.15, 0.2) is 0 Å². The van der Waals surface area contributed by atoms with Crippen LogP contribution in [-0.4, -0.2) is 24.0 Å². The van der Waals surface area contributed by atoms with E-state index in [-0.39, 0.29) is 0 Å². The second-order valence-corrected chi connectivity index (χ2v) is 6.76. The molecule has 0 aromatic carbocycles. The molecule has 3 heteroatoms. The average Bonchev–Trinajstić information content (AvgIpc) is 2.84. The number of likely N-dealkylation sites (tertiary alicyclic amines) is 1. The minimum absolute atomic E-state index is 0.495. The minimum Gasteiger partial charge on any atom is -0.468 e. The van der Waals surface area contributed by atoms with Gasteiger partial charge in [0.05, 0.1) is 12.8 Å². The standard InChI is InChI=1S/C17H30N2O/c1-13(2)15-5-8-19(9-6-15)12-16-7-10-20-17(16)11-18-14(3)4/h7,10,13-15,18H,5-6,8-9,11-12H2,1-4H3. The van der Waals surface area contributed by atoms with Gasteiger partial charge in [-0.05, 0) is 43.8 Å². The first-order valence-corrected chi connectivity index (χ1v) is 8.07. The predicted octanol–water partition coefficient (Wildman–Crippen LogP) is 3.65. The maximum absolute atomic E-state index is 5.63. The molecule has 0 aliphatic carbocycles. The van der Waals surface area contributed by atoms with Gasteiger partial charge in [-0.3, -0.25) is 4.90 Å². The van der Waals surface area contributed by atoms with E-state index in [2.05, 4.69) is 44.0 Å². The van der Waals surface area contributed by atoms with Crippen LogP contribution >= 0.6 is 0 Å². The first-order chi connectivity index (χ1) is 9.56. The van der Waals surface area contributed by atoms with Crippen LogP contribution < -0.4 is 5.32 Å². The van der Waals surface area contributed by atoms with E-state index in [4.69, 9.17) is 4.42 Å². The molecule has 0 unspecified atom stereocenters. The Labute approximate surface area is 123 Å². The first kappa shape index (κ1) is 15.6. The molecule has 3 nitrogen and oxygen atoms in total. The fourth-order valence-electron chi connectivity index (χ4n) is 2.98. The Hall–Kier alpha value is -0.800. The lowest BCUT2D eigenvalue weighted by Gasteiger charge is -2.33. The maximum Gasteiger partial charge on any atom is 0.122 e. The number of furan rings is 1. The SMILES string of the molecule is CC(C)NCc1occc1CN1CCC(C(C)C)CC1. The Morgan fingerprint density at radius 3 is 2.55 bits per heavy atom. The van der Waals surface area contributed by atoms with E-state index in [1.807, 2.05) is 6.26 Å². The van der Waals surface area contributed by atoms with Crippen molar-refractivity contribution in [2.24, 2.45) is 11.8 Å². The third kappa shape index (κ3) is 4.35. The molecule has 1 fully saturated rings. The van der Waals surface area contributed by atoms with Crippen molar-refractivity contribution in [2.45, 2.75) is 59.7 Å². The van der Waals surface area contributed by atoms with Gasteiger partial charge in [-0.15, -0.1) is 0 Å². The van der Waals surface area contributed by atoms with Gasteiger partial charge in [0.25, 0.3) is 0 Å². The number of hydrogen-bond acceptors (Lipinski definition) is 3. The molecule has 2 rings (SSSR count). The monoisotopic (exact) mass is 278 g/mol. The van der Waals surface area contributed by atoms with Gasteiger partial charge in [0.2, 0.25) is 0 Å². The third-order valence-electron chi connectivity index (χ3n) is 4.48. The molecule has 0 amide bonds. The van der Waals surface area contributed by atoms with Crippen molar-refractivity contribution in [3.05, 3.63) is 23.7 Å². The van der Waals surface area contributed by atoms with Crippen LogP contribution in [0.1, 0.15) is 51.9 Å². The van der Waals surface area contributed by atoms with Crippen molar-refractivity contribution in [1.82, 2.24) is 10.2 Å². The number of hydrogen-bond donors (Lipinski definition) is 1. The molecule has 1 aliphatic rings. The van der Waals surface area contributed by atoms with Crippen molar-refractivity contribution in [2.75, 3.05) is 13.1 Å². The Kier molecular flexibility index (Phi) is 5.67. The molecule has 0 bridgehead atoms. The summed E-state index contributed by atoms with van der Waals surface area (Å²) in [7, 11) is 0. The molecule has 1 aromatic heterocycles. The van der Waals surface area contributed by atoms with E-state index in [1.54, 1.807) is 0 Å². The number of rotatable bonds is 6. The lowest BCUT2D eigenvalue weighted by molar-refractivity contribution is 0.151. The predicted molar refractivity (Wildman–Crippen MR) is 83.5 cm³/mol. The van der Waals surface area contributed by atoms with E-state index in [0.717, 1.165) is 30.7 Å². The molecule has 0 saturated carbocycles. The van der Waals surface area contributed by atoms with Gasteiger partial charge in [0, 0.05) is 18.2 Å². The van der Waals surface area contributed by atoms with Crippen LogP contribution in [0.4, 0.5) is 0 Å². The molecule has 0 atom stereocenters. The van der Waals surface area contributed by atoms with E-state index in [9.17, 15) is 0 Å². The van der Waals surface area contributed by atoms with Crippen molar-refractivity contribution >= 4 is 0 Å². The highest BCUT2D eigenvalue weighted by atomic mass is 16.3. The molecular formula is C17H30N2O. The second kappa shape index (κ2) is 7.28. The van der Waals surface area contributed by atoms with Crippen molar-refractivity contribution in [3.8, 4) is 0 Å². The van der Waals surface area contributed by atoms with Gasteiger partial charge in [-0.25, -0.2) is 0 Å². The Balaban J connectivity index is 1.84. The van der Waals surface area contributed by atoms with E-state index < -0.39 is 0 Å². The van der Waals surface area contributed by atoms with E-state index in [1.165, 1.54) is 31.5 Å². The van der Waals surface area contributed by atoms with Crippen molar-refractivity contribution in [3.63, 3.8) is 0 Å². The smallest absolute Gasteiger partial charge is 0.122 e. The highest BCUT2D eigenvalue weighted by Gasteiger charge is 2.22. The highest BCUT2D eigenvalue weighted by molar-refractivity contribution is 5.17. The van der Waals surface area contributed by atoms with Crippen LogP contribution in [-0.2, 0) is 13.1 Å². The molecule has 1 N–H and O–H groups in total. The van der Waals surface area contributed by atoms with Crippen molar-refractivity contribution in [1.29, 1.82) is 0 Å². The largest absolute Gasteiger partial charge is 0.468 e. The molecule has 2 heterocycles. The summed E-state index contributed by atoms with van der Waals surface area (Å²) in [5, 5.41) is 3.44. The van der Waals surface area contributed by atoms with Crippen LogP contribution in [0.15, 0.2) is 16.7 Å². The lowest BCUT2D eigenvalue weighted by Crippen LogP contribution is -2.35.